The summed E-state index contributed by atoms with van der Waals surface area (Å²) in [6.07, 6.45) is -2.24. The second kappa shape index (κ2) is 4.31. The summed E-state index contributed by atoms with van der Waals surface area (Å²) in [6.45, 7) is 0. The Morgan fingerprint density at radius 3 is 2.80 bits per heavy atom. The third-order valence-electron chi connectivity index (χ3n) is 2.43. The van der Waals surface area contributed by atoms with Gasteiger partial charge in [-0.2, -0.15) is 5.26 Å². The molecule has 2 aromatic rings. The lowest BCUT2D eigenvalue weighted by atomic mass is 10.3. The largest absolute Gasteiger partial charge is 0.586 e. The van der Waals surface area contributed by atoms with Crippen molar-refractivity contribution in [3.8, 4) is 17.6 Å². The molecule has 0 unspecified atom stereocenters. The quantitative estimate of drug-likeness (QED) is 0.907. The van der Waals surface area contributed by atoms with Crippen LogP contribution in [0, 0.1) is 11.3 Å². The summed E-state index contributed by atoms with van der Waals surface area (Å²) >= 11 is 0. The molecule has 0 atom stereocenters. The number of hydrogen-bond acceptors (Lipinski definition) is 6. The van der Waals surface area contributed by atoms with Crippen molar-refractivity contribution in [1.82, 2.24) is 9.97 Å². The molecule has 0 radical (unpaired) electrons. The van der Waals surface area contributed by atoms with E-state index in [-0.39, 0.29) is 23.1 Å². The lowest BCUT2D eigenvalue weighted by Crippen LogP contribution is -2.25. The van der Waals surface area contributed by atoms with Crippen LogP contribution in [0.25, 0.3) is 0 Å². The number of nitriles is 1. The maximum atomic E-state index is 12.9. The lowest BCUT2D eigenvalue weighted by Gasteiger charge is -2.05. The predicted molar refractivity (Wildman–Crippen MR) is 62.7 cm³/mol. The Labute approximate surface area is 111 Å². The van der Waals surface area contributed by atoms with Crippen LogP contribution in [-0.4, -0.2) is 16.3 Å². The summed E-state index contributed by atoms with van der Waals surface area (Å²) in [5, 5.41) is 11.5. The first kappa shape index (κ1) is 12.1. The van der Waals surface area contributed by atoms with Crippen molar-refractivity contribution in [3.63, 3.8) is 0 Å². The monoisotopic (exact) mass is 276 g/mol. The maximum absolute atomic E-state index is 12.9. The standard InChI is InChI=1S/C12H6F2N4O2/c13-12(14)19-9-2-1-7(5-10(9)20-12)17-11-16-4-3-8(6-15)18-11/h1-5H,(H,16,17,18). The summed E-state index contributed by atoms with van der Waals surface area (Å²) < 4.78 is 34.3. The van der Waals surface area contributed by atoms with Crippen LogP contribution in [0.1, 0.15) is 5.69 Å². The third kappa shape index (κ3) is 2.29. The van der Waals surface area contributed by atoms with Crippen molar-refractivity contribution in [2.24, 2.45) is 0 Å². The highest BCUT2D eigenvalue weighted by Gasteiger charge is 2.43. The van der Waals surface area contributed by atoms with Crippen LogP contribution in [0.2, 0.25) is 0 Å². The van der Waals surface area contributed by atoms with Gasteiger partial charge in [-0.15, -0.1) is 8.78 Å². The molecule has 1 aliphatic rings. The molecule has 3 rings (SSSR count). The molecular weight excluding hydrogens is 270 g/mol. The molecule has 0 amide bonds. The Morgan fingerprint density at radius 2 is 2.00 bits per heavy atom. The van der Waals surface area contributed by atoms with Crippen molar-refractivity contribution in [1.29, 1.82) is 5.26 Å². The minimum atomic E-state index is -3.65. The van der Waals surface area contributed by atoms with Gasteiger partial charge in [0.25, 0.3) is 0 Å². The second-order valence-electron chi connectivity index (χ2n) is 3.83. The number of anilines is 2. The molecule has 2 heterocycles. The maximum Gasteiger partial charge on any atom is 0.586 e. The number of ether oxygens (including phenoxy) is 2. The topological polar surface area (TPSA) is 80.1 Å². The first-order valence-corrected chi connectivity index (χ1v) is 5.46. The number of halogens is 2. The Bertz CT molecular complexity index is 715. The molecule has 1 aromatic heterocycles. The molecule has 0 fully saturated rings. The number of rotatable bonds is 2. The highest BCUT2D eigenvalue weighted by atomic mass is 19.3. The molecule has 20 heavy (non-hydrogen) atoms. The first-order chi connectivity index (χ1) is 9.55. The zero-order valence-corrected chi connectivity index (χ0v) is 9.80. The van der Waals surface area contributed by atoms with Gasteiger partial charge in [-0.3, -0.25) is 0 Å². The van der Waals surface area contributed by atoms with E-state index in [9.17, 15) is 8.78 Å². The zero-order chi connectivity index (χ0) is 14.2. The molecule has 8 heteroatoms. The van der Waals surface area contributed by atoms with Crippen LogP contribution in [-0.2, 0) is 0 Å². The fraction of sp³-hybridized carbons (Fsp3) is 0.0833. The van der Waals surface area contributed by atoms with E-state index >= 15 is 0 Å². The number of hydrogen-bond donors (Lipinski definition) is 1. The van der Waals surface area contributed by atoms with E-state index in [1.807, 2.05) is 6.07 Å². The molecule has 0 spiro atoms. The molecule has 0 saturated carbocycles. The molecule has 1 aliphatic heterocycles. The van der Waals surface area contributed by atoms with Gasteiger partial charge in [0, 0.05) is 18.0 Å². The summed E-state index contributed by atoms with van der Waals surface area (Å²) in [5.41, 5.74) is 0.620. The highest BCUT2D eigenvalue weighted by Crippen LogP contribution is 2.42. The van der Waals surface area contributed by atoms with Crippen LogP contribution < -0.4 is 14.8 Å². The van der Waals surface area contributed by atoms with Crippen molar-refractivity contribution in [2.75, 3.05) is 5.32 Å². The average Bonchev–Trinajstić information content (AvgIpc) is 2.72. The van der Waals surface area contributed by atoms with Gasteiger partial charge in [-0.05, 0) is 18.2 Å². The summed E-state index contributed by atoms with van der Waals surface area (Å²) in [7, 11) is 0. The fourth-order valence-electron chi connectivity index (χ4n) is 1.64. The molecule has 100 valence electrons. The Kier molecular flexibility index (Phi) is 2.61. The Morgan fingerprint density at radius 1 is 1.20 bits per heavy atom. The Hall–Kier alpha value is -2.95. The molecule has 1 aromatic carbocycles. The van der Waals surface area contributed by atoms with Gasteiger partial charge in [0.05, 0.1) is 0 Å². The lowest BCUT2D eigenvalue weighted by molar-refractivity contribution is -0.286. The van der Waals surface area contributed by atoms with E-state index in [2.05, 4.69) is 24.8 Å². The summed E-state index contributed by atoms with van der Waals surface area (Å²) in [4.78, 5) is 7.82. The smallest absolute Gasteiger partial charge is 0.395 e. The second-order valence-corrected chi connectivity index (χ2v) is 3.83. The summed E-state index contributed by atoms with van der Waals surface area (Å²) in [5.74, 6) is 0.0401. The summed E-state index contributed by atoms with van der Waals surface area (Å²) in [6, 6.07) is 7.50. The van der Waals surface area contributed by atoms with E-state index in [4.69, 9.17) is 5.26 Å². The first-order valence-electron chi connectivity index (χ1n) is 5.46. The number of benzene rings is 1. The van der Waals surface area contributed by atoms with E-state index in [0.717, 1.165) is 0 Å². The number of fused-ring (bicyclic) bond motifs is 1. The number of alkyl halides is 2. The van der Waals surface area contributed by atoms with Crippen LogP contribution >= 0.6 is 0 Å². The normalized spacial score (nSPS) is 14.7. The number of nitrogens with one attached hydrogen (secondary N) is 1. The van der Waals surface area contributed by atoms with Crippen molar-refractivity contribution in [2.45, 2.75) is 6.29 Å². The van der Waals surface area contributed by atoms with E-state index in [0.29, 0.717) is 5.69 Å². The van der Waals surface area contributed by atoms with Crippen molar-refractivity contribution in [3.05, 3.63) is 36.2 Å². The van der Waals surface area contributed by atoms with Gasteiger partial charge >= 0.3 is 6.29 Å². The van der Waals surface area contributed by atoms with E-state index < -0.39 is 6.29 Å². The molecule has 1 N–H and O–H groups in total. The number of aromatic nitrogens is 2. The molecule has 0 aliphatic carbocycles. The fourth-order valence-corrected chi connectivity index (χ4v) is 1.64. The molecule has 6 nitrogen and oxygen atoms in total. The van der Waals surface area contributed by atoms with Crippen LogP contribution in [0.3, 0.4) is 0 Å². The third-order valence-corrected chi connectivity index (χ3v) is 2.43. The van der Waals surface area contributed by atoms with E-state index in [1.165, 1.54) is 30.5 Å². The van der Waals surface area contributed by atoms with Gasteiger partial charge in [0.1, 0.15) is 11.8 Å². The zero-order valence-electron chi connectivity index (χ0n) is 9.80. The van der Waals surface area contributed by atoms with Crippen LogP contribution in [0.5, 0.6) is 11.5 Å². The van der Waals surface area contributed by atoms with Gasteiger partial charge in [0.2, 0.25) is 5.95 Å². The minimum absolute atomic E-state index is 0.0488. The van der Waals surface area contributed by atoms with Gasteiger partial charge < -0.3 is 14.8 Å². The average molecular weight is 276 g/mol. The molecule has 0 bridgehead atoms. The molecule has 0 saturated heterocycles. The Balaban J connectivity index is 1.85. The van der Waals surface area contributed by atoms with Crippen molar-refractivity contribution >= 4 is 11.6 Å². The minimum Gasteiger partial charge on any atom is -0.395 e. The number of nitrogens with zero attached hydrogens (tertiary/aromatic N) is 3. The van der Waals surface area contributed by atoms with Gasteiger partial charge in [-0.25, -0.2) is 9.97 Å². The predicted octanol–water partition coefficient (Wildman–Crippen LogP) is 2.41. The van der Waals surface area contributed by atoms with Crippen LogP contribution in [0.4, 0.5) is 20.4 Å². The van der Waals surface area contributed by atoms with Crippen LogP contribution in [0.15, 0.2) is 30.5 Å². The van der Waals surface area contributed by atoms with Gasteiger partial charge in [-0.1, -0.05) is 0 Å². The SMILES string of the molecule is N#Cc1ccnc(Nc2ccc3c(c2)OC(F)(F)O3)n1. The van der Waals surface area contributed by atoms with E-state index in [1.54, 1.807) is 0 Å². The molecular formula is C12H6F2N4O2. The highest BCUT2D eigenvalue weighted by molar-refractivity contribution is 5.60. The van der Waals surface area contributed by atoms with Crippen molar-refractivity contribution < 1.29 is 18.3 Å². The van der Waals surface area contributed by atoms with Gasteiger partial charge in [0.15, 0.2) is 11.5 Å².